The highest BCUT2D eigenvalue weighted by Crippen LogP contribution is 2.42. The van der Waals surface area contributed by atoms with Crippen LogP contribution in [0.4, 0.5) is 10.5 Å². The van der Waals surface area contributed by atoms with Gasteiger partial charge >= 0.3 is 6.03 Å². The van der Waals surface area contributed by atoms with Crippen molar-refractivity contribution in [3.63, 3.8) is 0 Å². The van der Waals surface area contributed by atoms with Gasteiger partial charge in [-0.15, -0.1) is 0 Å². The molecule has 0 aliphatic carbocycles. The van der Waals surface area contributed by atoms with Crippen molar-refractivity contribution in [2.24, 2.45) is 13.0 Å². The molecule has 2 bridgehead atoms. The summed E-state index contributed by atoms with van der Waals surface area (Å²) < 4.78 is 2.07. The molecule has 168 valence electrons. The fourth-order valence-electron chi connectivity index (χ4n) is 5.11. The number of urea groups is 1. The third-order valence-electron chi connectivity index (χ3n) is 6.77. The van der Waals surface area contributed by atoms with Crippen LogP contribution < -0.4 is 15.5 Å². The monoisotopic (exact) mass is 424 g/mol. The van der Waals surface area contributed by atoms with Crippen molar-refractivity contribution in [2.75, 3.05) is 38.6 Å². The van der Waals surface area contributed by atoms with Gasteiger partial charge in [0.15, 0.2) is 0 Å². The van der Waals surface area contributed by atoms with Crippen LogP contribution in [0.25, 0.3) is 11.3 Å². The maximum atomic E-state index is 12.0. The zero-order valence-corrected chi connectivity index (χ0v) is 19.4. The van der Waals surface area contributed by atoms with Crippen LogP contribution in [0, 0.1) is 5.92 Å². The lowest BCUT2D eigenvalue weighted by Gasteiger charge is -2.49. The molecule has 4 atom stereocenters. The topological polar surface area (TPSA) is 65.4 Å². The summed E-state index contributed by atoms with van der Waals surface area (Å²) in [6, 6.07) is 11.4. The molecule has 3 fully saturated rings. The molecule has 0 saturated carbocycles. The second-order valence-corrected chi connectivity index (χ2v) is 9.57. The van der Waals surface area contributed by atoms with Gasteiger partial charge in [-0.3, -0.25) is 9.58 Å². The number of anilines is 1. The summed E-state index contributed by atoms with van der Waals surface area (Å²) in [7, 11) is 6.18. The summed E-state index contributed by atoms with van der Waals surface area (Å²) >= 11 is 0. The standard InChI is InChI=1S/C24H36N6O/c1-16(2)26-24(31)25-14-20-12-18-10-11-30(20)15-21(18)23-13-22(27-29(23)5)17-6-8-19(9-7-17)28(3)4/h6-9,13,16,18,20-21H,10-12,14-15H2,1-5H3,(H2,25,26,31)/t18-,20-,21+/m1/s1. The number of rotatable bonds is 6. The molecule has 0 spiro atoms. The van der Waals surface area contributed by atoms with E-state index >= 15 is 0 Å². The molecule has 0 radical (unpaired) electrons. The second-order valence-electron chi connectivity index (χ2n) is 9.57. The third-order valence-corrected chi connectivity index (χ3v) is 6.77. The van der Waals surface area contributed by atoms with E-state index in [0.717, 1.165) is 37.3 Å². The molecule has 7 nitrogen and oxygen atoms in total. The zero-order valence-electron chi connectivity index (χ0n) is 19.4. The summed E-state index contributed by atoms with van der Waals surface area (Å²) in [6.45, 7) is 6.85. The van der Waals surface area contributed by atoms with Gasteiger partial charge in [-0.1, -0.05) is 12.1 Å². The molecule has 2 amide bonds. The van der Waals surface area contributed by atoms with Crippen molar-refractivity contribution in [3.8, 4) is 11.3 Å². The number of aryl methyl sites for hydroxylation is 1. The van der Waals surface area contributed by atoms with Crippen LogP contribution in [0.5, 0.6) is 0 Å². The zero-order chi connectivity index (χ0) is 22.1. The van der Waals surface area contributed by atoms with Crippen molar-refractivity contribution in [2.45, 2.75) is 44.7 Å². The number of carbonyl (C=O) groups excluding carboxylic acids is 1. The summed E-state index contributed by atoms with van der Waals surface area (Å²) in [5, 5.41) is 10.8. The maximum Gasteiger partial charge on any atom is 0.315 e. The highest BCUT2D eigenvalue weighted by molar-refractivity contribution is 5.74. The van der Waals surface area contributed by atoms with Crippen molar-refractivity contribution in [1.29, 1.82) is 0 Å². The number of nitrogens with zero attached hydrogens (tertiary/aromatic N) is 4. The lowest BCUT2D eigenvalue weighted by Crippen LogP contribution is -2.57. The Balaban J connectivity index is 1.43. The Hall–Kier alpha value is -2.54. The molecule has 2 N–H and O–H groups in total. The molecule has 4 heterocycles. The Morgan fingerprint density at radius 1 is 1.26 bits per heavy atom. The molecular weight excluding hydrogens is 388 g/mol. The Kier molecular flexibility index (Phi) is 6.23. The van der Waals surface area contributed by atoms with Gasteiger partial charge < -0.3 is 15.5 Å². The Morgan fingerprint density at radius 2 is 2.00 bits per heavy atom. The Bertz CT molecular complexity index is 903. The fourth-order valence-corrected chi connectivity index (χ4v) is 5.11. The first-order chi connectivity index (χ1) is 14.8. The summed E-state index contributed by atoms with van der Waals surface area (Å²) in [5.74, 6) is 1.14. The average Bonchev–Trinajstić information content (AvgIpc) is 3.13. The highest BCUT2D eigenvalue weighted by atomic mass is 16.2. The smallest absolute Gasteiger partial charge is 0.315 e. The number of nitrogens with one attached hydrogen (secondary N) is 2. The molecule has 2 aromatic rings. The normalized spacial score (nSPS) is 25.0. The van der Waals surface area contributed by atoms with Gasteiger partial charge in [-0.05, 0) is 57.4 Å². The number of amides is 2. The van der Waals surface area contributed by atoms with Gasteiger partial charge in [0.2, 0.25) is 0 Å². The first kappa shape index (κ1) is 21.7. The molecule has 1 aromatic carbocycles. The molecule has 1 aromatic heterocycles. The van der Waals surface area contributed by atoms with Gasteiger partial charge in [-0.25, -0.2) is 4.79 Å². The van der Waals surface area contributed by atoms with Crippen molar-refractivity contribution >= 4 is 11.7 Å². The predicted octanol–water partition coefficient (Wildman–Crippen LogP) is 3.04. The van der Waals surface area contributed by atoms with Crippen LogP contribution in [0.2, 0.25) is 0 Å². The fraction of sp³-hybridized carbons (Fsp3) is 0.583. The van der Waals surface area contributed by atoms with E-state index in [4.69, 9.17) is 5.10 Å². The number of fused-ring (bicyclic) bond motifs is 3. The first-order valence-electron chi connectivity index (χ1n) is 11.4. The van der Waals surface area contributed by atoms with E-state index in [0.29, 0.717) is 17.9 Å². The van der Waals surface area contributed by atoms with Gasteiger partial charge in [0.05, 0.1) is 5.69 Å². The van der Waals surface area contributed by atoms with Crippen molar-refractivity contribution < 1.29 is 4.79 Å². The molecule has 5 rings (SSSR count). The van der Waals surface area contributed by atoms with Crippen LogP contribution in [-0.4, -0.2) is 66.5 Å². The molecular formula is C24H36N6O. The molecule has 31 heavy (non-hydrogen) atoms. The SMILES string of the molecule is CC(C)NC(=O)NC[C@H]1C[C@H]2CCN1C[C@@H]2c1cc(-c2ccc(N(C)C)cc2)nn1C. The van der Waals surface area contributed by atoms with Gasteiger partial charge in [-0.2, -0.15) is 5.10 Å². The Morgan fingerprint density at radius 3 is 2.61 bits per heavy atom. The van der Waals surface area contributed by atoms with Crippen LogP contribution in [-0.2, 0) is 7.05 Å². The van der Waals surface area contributed by atoms with Gasteiger partial charge in [0, 0.05) is 69.2 Å². The molecule has 7 heteroatoms. The van der Waals surface area contributed by atoms with Crippen LogP contribution in [0.1, 0.15) is 38.3 Å². The largest absolute Gasteiger partial charge is 0.378 e. The van der Waals surface area contributed by atoms with Gasteiger partial charge in [0.25, 0.3) is 0 Å². The molecule has 1 unspecified atom stereocenters. The van der Waals surface area contributed by atoms with E-state index < -0.39 is 0 Å². The Labute approximate surface area is 185 Å². The van der Waals surface area contributed by atoms with E-state index in [1.165, 1.54) is 17.8 Å². The van der Waals surface area contributed by atoms with Crippen molar-refractivity contribution in [1.82, 2.24) is 25.3 Å². The minimum absolute atomic E-state index is 0.0641. The third kappa shape index (κ3) is 4.71. The second kappa shape index (κ2) is 8.91. The lowest BCUT2D eigenvalue weighted by atomic mass is 9.74. The minimum Gasteiger partial charge on any atom is -0.378 e. The molecule has 3 aliphatic rings. The number of carbonyl (C=O) groups is 1. The predicted molar refractivity (Wildman–Crippen MR) is 125 cm³/mol. The highest BCUT2D eigenvalue weighted by Gasteiger charge is 2.41. The average molecular weight is 425 g/mol. The number of hydrogen-bond donors (Lipinski definition) is 2. The van der Waals surface area contributed by atoms with Crippen LogP contribution >= 0.6 is 0 Å². The van der Waals surface area contributed by atoms with Gasteiger partial charge in [0.1, 0.15) is 0 Å². The van der Waals surface area contributed by atoms with E-state index in [9.17, 15) is 4.79 Å². The quantitative estimate of drug-likeness (QED) is 0.748. The summed E-state index contributed by atoms with van der Waals surface area (Å²) in [6.07, 6.45) is 2.35. The number of hydrogen-bond acceptors (Lipinski definition) is 4. The van der Waals surface area contributed by atoms with Crippen molar-refractivity contribution in [3.05, 3.63) is 36.0 Å². The molecule has 3 saturated heterocycles. The minimum atomic E-state index is -0.0641. The van der Waals surface area contributed by atoms with E-state index in [-0.39, 0.29) is 12.1 Å². The van der Waals surface area contributed by atoms with Crippen LogP contribution in [0.15, 0.2) is 30.3 Å². The lowest BCUT2D eigenvalue weighted by molar-refractivity contribution is 0.0294. The maximum absolute atomic E-state index is 12.0. The summed E-state index contributed by atoms with van der Waals surface area (Å²) in [4.78, 5) is 16.6. The van der Waals surface area contributed by atoms with E-state index in [1.807, 2.05) is 13.8 Å². The first-order valence-corrected chi connectivity index (χ1v) is 11.4. The molecule has 3 aliphatic heterocycles. The number of aromatic nitrogens is 2. The summed E-state index contributed by atoms with van der Waals surface area (Å²) in [5.41, 5.74) is 4.72. The number of benzene rings is 1. The van der Waals surface area contributed by atoms with Crippen LogP contribution in [0.3, 0.4) is 0 Å². The van der Waals surface area contributed by atoms with E-state index in [2.05, 4.69) is 76.6 Å². The number of piperidine rings is 3. The van der Waals surface area contributed by atoms with E-state index in [1.54, 1.807) is 0 Å².